The van der Waals surface area contributed by atoms with Gasteiger partial charge in [0.1, 0.15) is 43.4 Å². The lowest BCUT2D eigenvalue weighted by Crippen LogP contribution is -2.33. The molecule has 0 saturated carbocycles. The van der Waals surface area contributed by atoms with Crippen molar-refractivity contribution in [2.24, 2.45) is 0 Å². The SMILES string of the molecule is Nc1ncnc2c1ncn2[C@@H]1O[C@H](COOCc2ccccc2)[C@@H](O)[C@H]1O. The largest absolute Gasteiger partial charge is 0.387 e. The van der Waals surface area contributed by atoms with Crippen LogP contribution in [0.4, 0.5) is 5.82 Å². The number of nitrogens with two attached hydrogens (primary N) is 1. The second-order valence-corrected chi connectivity index (χ2v) is 6.16. The van der Waals surface area contributed by atoms with Gasteiger partial charge in [-0.15, -0.1) is 0 Å². The number of hydrogen-bond donors (Lipinski definition) is 3. The summed E-state index contributed by atoms with van der Waals surface area (Å²) in [5, 5.41) is 20.6. The van der Waals surface area contributed by atoms with E-state index in [-0.39, 0.29) is 19.0 Å². The minimum absolute atomic E-state index is 0.0503. The highest BCUT2D eigenvalue weighted by atomic mass is 17.2. The van der Waals surface area contributed by atoms with E-state index >= 15 is 0 Å². The first-order valence-corrected chi connectivity index (χ1v) is 8.38. The number of benzene rings is 1. The highest BCUT2D eigenvalue weighted by Gasteiger charge is 2.44. The van der Waals surface area contributed by atoms with Crippen LogP contribution in [-0.2, 0) is 21.1 Å². The Bertz CT molecular complexity index is 905. The third kappa shape index (κ3) is 3.48. The smallest absolute Gasteiger partial charge is 0.167 e. The normalized spacial score (nSPS) is 25.3. The quantitative estimate of drug-likeness (QED) is 0.314. The summed E-state index contributed by atoms with van der Waals surface area (Å²) in [5.41, 5.74) is 7.52. The average Bonchev–Trinajstić information content (AvgIpc) is 3.23. The molecule has 1 aliphatic heterocycles. The Kier molecular flexibility index (Phi) is 4.97. The fraction of sp³-hybridized carbons (Fsp3) is 0.353. The number of aromatic nitrogens is 4. The maximum Gasteiger partial charge on any atom is 0.167 e. The molecule has 10 nitrogen and oxygen atoms in total. The number of aliphatic hydroxyl groups is 2. The van der Waals surface area contributed by atoms with Crippen LogP contribution in [0.3, 0.4) is 0 Å². The van der Waals surface area contributed by atoms with E-state index in [2.05, 4.69) is 15.0 Å². The molecule has 0 unspecified atom stereocenters. The summed E-state index contributed by atoms with van der Waals surface area (Å²) < 4.78 is 7.25. The Morgan fingerprint density at radius 2 is 1.89 bits per heavy atom. The van der Waals surface area contributed by atoms with Gasteiger partial charge in [0.25, 0.3) is 0 Å². The van der Waals surface area contributed by atoms with E-state index in [0.717, 1.165) is 5.56 Å². The second kappa shape index (κ2) is 7.55. The molecular weight excluding hydrogens is 354 g/mol. The molecule has 3 heterocycles. The van der Waals surface area contributed by atoms with Crippen LogP contribution in [0.5, 0.6) is 0 Å². The van der Waals surface area contributed by atoms with Crippen LogP contribution < -0.4 is 5.73 Å². The fourth-order valence-corrected chi connectivity index (χ4v) is 2.95. The van der Waals surface area contributed by atoms with Gasteiger partial charge in [-0.25, -0.2) is 24.7 Å². The number of rotatable bonds is 6. The molecule has 0 radical (unpaired) electrons. The molecule has 0 amide bonds. The van der Waals surface area contributed by atoms with Gasteiger partial charge in [0.15, 0.2) is 17.7 Å². The lowest BCUT2D eigenvalue weighted by atomic mass is 10.1. The van der Waals surface area contributed by atoms with Gasteiger partial charge >= 0.3 is 0 Å². The summed E-state index contributed by atoms with van der Waals surface area (Å²) >= 11 is 0. The molecule has 27 heavy (non-hydrogen) atoms. The monoisotopic (exact) mass is 373 g/mol. The van der Waals surface area contributed by atoms with Gasteiger partial charge < -0.3 is 20.7 Å². The minimum Gasteiger partial charge on any atom is -0.387 e. The van der Waals surface area contributed by atoms with Crippen LogP contribution in [-0.4, -0.2) is 54.7 Å². The summed E-state index contributed by atoms with van der Waals surface area (Å²) in [6.45, 7) is 0.212. The van der Waals surface area contributed by atoms with Crippen LogP contribution in [0.2, 0.25) is 0 Å². The predicted molar refractivity (Wildman–Crippen MR) is 92.8 cm³/mol. The predicted octanol–water partition coefficient (Wildman–Crippen LogP) is 0.176. The molecule has 0 bridgehead atoms. The van der Waals surface area contributed by atoms with E-state index in [0.29, 0.717) is 11.2 Å². The lowest BCUT2D eigenvalue weighted by molar-refractivity contribution is -0.318. The molecule has 0 spiro atoms. The van der Waals surface area contributed by atoms with E-state index in [1.54, 1.807) is 0 Å². The van der Waals surface area contributed by atoms with Crippen LogP contribution in [0.1, 0.15) is 11.8 Å². The molecule has 10 heteroatoms. The number of imidazole rings is 1. The Hall–Kier alpha value is -2.63. The van der Waals surface area contributed by atoms with Gasteiger partial charge in [0.2, 0.25) is 0 Å². The third-order valence-electron chi connectivity index (χ3n) is 4.38. The van der Waals surface area contributed by atoms with Crippen molar-refractivity contribution >= 4 is 17.0 Å². The van der Waals surface area contributed by atoms with Crippen molar-refractivity contribution in [3.8, 4) is 0 Å². The van der Waals surface area contributed by atoms with Crippen LogP contribution in [0, 0.1) is 0 Å². The van der Waals surface area contributed by atoms with Gasteiger partial charge in [0, 0.05) is 0 Å². The topological polar surface area (TPSA) is 138 Å². The Morgan fingerprint density at radius 1 is 1.07 bits per heavy atom. The minimum atomic E-state index is -1.19. The van der Waals surface area contributed by atoms with Gasteiger partial charge in [-0.1, -0.05) is 30.3 Å². The van der Waals surface area contributed by atoms with Crippen LogP contribution in [0.25, 0.3) is 11.2 Å². The van der Waals surface area contributed by atoms with Gasteiger partial charge in [-0.05, 0) is 5.56 Å². The van der Waals surface area contributed by atoms with Gasteiger partial charge in [-0.3, -0.25) is 4.57 Å². The third-order valence-corrected chi connectivity index (χ3v) is 4.38. The van der Waals surface area contributed by atoms with E-state index < -0.39 is 24.5 Å². The first-order valence-electron chi connectivity index (χ1n) is 8.38. The summed E-state index contributed by atoms with van der Waals surface area (Å²) in [5.74, 6) is 0.223. The number of nitrogens with zero attached hydrogens (tertiary/aromatic N) is 4. The summed E-state index contributed by atoms with van der Waals surface area (Å²) in [4.78, 5) is 22.4. The molecule has 2 aromatic heterocycles. The highest BCUT2D eigenvalue weighted by molar-refractivity contribution is 5.81. The number of fused-ring (bicyclic) bond motifs is 1. The molecule has 4 rings (SSSR count). The van der Waals surface area contributed by atoms with Crippen molar-refractivity contribution in [1.29, 1.82) is 0 Å². The standard InChI is InChI=1S/C17H19N5O5/c18-15-12-16(20-8-19-15)22(9-21-12)17-14(24)13(23)11(27-17)7-26-25-6-10-4-2-1-3-5-10/h1-5,8-9,11,13-14,17,23-24H,6-7H2,(H2,18,19,20)/t11-,13-,14-,17-/m1/s1. The lowest BCUT2D eigenvalue weighted by Gasteiger charge is -2.16. The number of anilines is 1. The summed E-state index contributed by atoms with van der Waals surface area (Å²) in [6, 6.07) is 9.51. The van der Waals surface area contributed by atoms with Crippen LogP contribution in [0.15, 0.2) is 43.0 Å². The molecule has 4 atom stereocenters. The first-order chi connectivity index (χ1) is 13.1. The fourth-order valence-electron chi connectivity index (χ4n) is 2.95. The van der Waals surface area contributed by atoms with E-state index in [1.807, 2.05) is 30.3 Å². The summed E-state index contributed by atoms with van der Waals surface area (Å²) in [7, 11) is 0. The van der Waals surface area contributed by atoms with Crippen molar-refractivity contribution in [3.63, 3.8) is 0 Å². The van der Waals surface area contributed by atoms with E-state index in [1.165, 1.54) is 17.2 Å². The Labute approximate surface area is 154 Å². The van der Waals surface area contributed by atoms with Gasteiger partial charge in [-0.2, -0.15) is 0 Å². The van der Waals surface area contributed by atoms with Crippen LogP contribution >= 0.6 is 0 Å². The van der Waals surface area contributed by atoms with E-state index in [4.69, 9.17) is 20.2 Å². The molecule has 1 fully saturated rings. The second-order valence-electron chi connectivity index (χ2n) is 6.16. The molecule has 1 saturated heterocycles. The number of hydrogen-bond acceptors (Lipinski definition) is 9. The molecular formula is C17H19N5O5. The van der Waals surface area contributed by atoms with Crippen molar-refractivity contribution < 1.29 is 24.7 Å². The molecule has 1 aromatic carbocycles. The number of ether oxygens (including phenoxy) is 1. The number of nitrogen functional groups attached to an aromatic ring is 1. The maximum absolute atomic E-state index is 10.4. The van der Waals surface area contributed by atoms with Crippen molar-refractivity contribution in [2.75, 3.05) is 12.3 Å². The van der Waals surface area contributed by atoms with E-state index in [9.17, 15) is 10.2 Å². The van der Waals surface area contributed by atoms with Gasteiger partial charge in [0.05, 0.1) is 6.33 Å². The van der Waals surface area contributed by atoms with Crippen molar-refractivity contribution in [1.82, 2.24) is 19.5 Å². The Balaban J connectivity index is 1.39. The highest BCUT2D eigenvalue weighted by Crippen LogP contribution is 2.32. The zero-order chi connectivity index (χ0) is 18.8. The molecule has 0 aliphatic carbocycles. The maximum atomic E-state index is 10.4. The zero-order valence-corrected chi connectivity index (χ0v) is 14.3. The summed E-state index contributed by atoms with van der Waals surface area (Å²) in [6.07, 6.45) is -1.29. The molecule has 4 N–H and O–H groups in total. The molecule has 142 valence electrons. The van der Waals surface area contributed by atoms with Crippen molar-refractivity contribution in [3.05, 3.63) is 48.5 Å². The first kappa shape index (κ1) is 17.8. The average molecular weight is 373 g/mol. The number of aliphatic hydroxyl groups excluding tert-OH is 2. The molecule has 1 aliphatic rings. The molecule has 3 aromatic rings. The van der Waals surface area contributed by atoms with Crippen molar-refractivity contribution in [2.45, 2.75) is 31.1 Å². The zero-order valence-electron chi connectivity index (χ0n) is 14.3. The Morgan fingerprint density at radius 3 is 2.70 bits per heavy atom.